The van der Waals surface area contributed by atoms with Gasteiger partial charge in [-0.05, 0) is 58.8 Å². The average Bonchev–Trinajstić information content (AvgIpc) is 3.06. The Balaban J connectivity index is 2.33. The molecule has 1 heterocycles. The summed E-state index contributed by atoms with van der Waals surface area (Å²) < 4.78 is 0. The molecular formula is C20H30N2O2S2. The normalized spacial score (nSPS) is 13.4. The maximum absolute atomic E-state index is 11.3. The first kappa shape index (κ1) is 22.5. The molecular weight excluding hydrogens is 364 g/mol. The highest BCUT2D eigenvalue weighted by Gasteiger charge is 2.17. The average molecular weight is 395 g/mol. The Kier molecular flexibility index (Phi) is 11.1. The van der Waals surface area contributed by atoms with Crippen molar-refractivity contribution in [3.63, 3.8) is 0 Å². The van der Waals surface area contributed by atoms with Crippen LogP contribution in [0.3, 0.4) is 0 Å². The van der Waals surface area contributed by atoms with E-state index in [9.17, 15) is 9.90 Å². The fraction of sp³-hybridized carbons (Fsp3) is 0.500. The highest BCUT2D eigenvalue weighted by atomic mass is 32.2. The summed E-state index contributed by atoms with van der Waals surface area (Å²) in [5, 5.41) is 16.8. The number of thioether (sulfide) groups is 1. The second-order valence-corrected chi connectivity index (χ2v) is 8.38. The van der Waals surface area contributed by atoms with Crippen LogP contribution in [0.1, 0.15) is 53.4 Å². The van der Waals surface area contributed by atoms with Crippen LogP contribution >= 0.6 is 23.1 Å². The third-order valence-electron chi connectivity index (χ3n) is 3.70. The van der Waals surface area contributed by atoms with E-state index in [1.54, 1.807) is 6.20 Å². The Labute approximate surface area is 165 Å². The quantitative estimate of drug-likeness (QED) is 0.418. The molecule has 1 atom stereocenters. The number of carboxylic acid groups (broad SMARTS) is 1. The maximum atomic E-state index is 11.3. The summed E-state index contributed by atoms with van der Waals surface area (Å²) in [5.41, 5.74) is 4.08. The molecule has 0 amide bonds. The third kappa shape index (κ3) is 10.5. The van der Waals surface area contributed by atoms with Crippen molar-refractivity contribution in [3.05, 3.63) is 45.9 Å². The van der Waals surface area contributed by atoms with E-state index in [1.165, 1.54) is 39.8 Å². The van der Waals surface area contributed by atoms with E-state index in [1.807, 2.05) is 5.38 Å². The van der Waals surface area contributed by atoms with Crippen LogP contribution in [0.25, 0.3) is 0 Å². The van der Waals surface area contributed by atoms with Crippen LogP contribution in [0.5, 0.6) is 0 Å². The Bertz CT molecular complexity index is 630. The van der Waals surface area contributed by atoms with Gasteiger partial charge in [0.05, 0.1) is 0 Å². The largest absolute Gasteiger partial charge is 0.480 e. The number of carbonyl (C=O) groups is 1. The molecule has 6 heteroatoms. The van der Waals surface area contributed by atoms with Crippen LogP contribution in [0, 0.1) is 0 Å². The van der Waals surface area contributed by atoms with Gasteiger partial charge in [-0.1, -0.05) is 28.9 Å². The topological polar surface area (TPSA) is 62.2 Å². The second kappa shape index (κ2) is 12.8. The van der Waals surface area contributed by atoms with Crippen molar-refractivity contribution >= 4 is 34.2 Å². The minimum atomic E-state index is -0.853. The molecule has 144 valence electrons. The van der Waals surface area contributed by atoms with Crippen LogP contribution in [-0.4, -0.2) is 27.9 Å². The summed E-state index contributed by atoms with van der Waals surface area (Å²) in [7, 11) is 0. The number of thiazole rings is 1. The number of allylic oxidation sites excluding steroid dienone is 5. The highest BCUT2D eigenvalue weighted by Crippen LogP contribution is 2.18. The van der Waals surface area contributed by atoms with E-state index in [0.29, 0.717) is 10.9 Å². The standard InChI is InChI=1S/C20H30N2O2S2/c1-15(2)7-5-8-16(3)9-6-10-17(4)13-25-14-18(19(23)24)22-20-21-11-12-26-20/h7,9,11-13,18H,5-6,8,10,14H2,1-4H3,(H,21,22)(H,23,24). The van der Waals surface area contributed by atoms with Gasteiger partial charge in [-0.25, -0.2) is 9.78 Å². The summed E-state index contributed by atoms with van der Waals surface area (Å²) in [6, 6.07) is -0.632. The molecule has 1 aromatic rings. The number of nitrogens with zero attached hydrogens (tertiary/aromatic N) is 1. The molecule has 0 radical (unpaired) electrons. The predicted molar refractivity (Wildman–Crippen MR) is 115 cm³/mol. The first-order valence-corrected chi connectivity index (χ1v) is 10.8. The molecule has 0 aliphatic heterocycles. The van der Waals surface area contributed by atoms with Crippen molar-refractivity contribution in [1.29, 1.82) is 0 Å². The van der Waals surface area contributed by atoms with E-state index in [-0.39, 0.29) is 0 Å². The molecule has 0 spiro atoms. The molecule has 1 aromatic heterocycles. The Morgan fingerprint density at radius 2 is 1.92 bits per heavy atom. The molecule has 0 fully saturated rings. The Morgan fingerprint density at radius 3 is 2.54 bits per heavy atom. The number of hydrogen-bond donors (Lipinski definition) is 2. The van der Waals surface area contributed by atoms with Gasteiger partial charge in [-0.3, -0.25) is 0 Å². The Morgan fingerprint density at radius 1 is 1.23 bits per heavy atom. The number of carboxylic acids is 1. The summed E-state index contributed by atoms with van der Waals surface area (Å²) >= 11 is 2.95. The van der Waals surface area contributed by atoms with E-state index in [2.05, 4.69) is 55.6 Å². The van der Waals surface area contributed by atoms with Gasteiger partial charge in [0, 0.05) is 17.3 Å². The van der Waals surface area contributed by atoms with E-state index < -0.39 is 12.0 Å². The number of aromatic nitrogens is 1. The molecule has 2 N–H and O–H groups in total. The molecule has 1 unspecified atom stereocenters. The van der Waals surface area contributed by atoms with Gasteiger partial charge in [-0.15, -0.1) is 23.1 Å². The maximum Gasteiger partial charge on any atom is 0.327 e. The van der Waals surface area contributed by atoms with Gasteiger partial charge in [0.2, 0.25) is 0 Å². The van der Waals surface area contributed by atoms with Crippen molar-refractivity contribution in [3.8, 4) is 0 Å². The van der Waals surface area contributed by atoms with Gasteiger partial charge < -0.3 is 10.4 Å². The zero-order valence-electron chi connectivity index (χ0n) is 16.1. The van der Waals surface area contributed by atoms with Crippen LogP contribution < -0.4 is 5.32 Å². The number of nitrogens with one attached hydrogen (secondary N) is 1. The van der Waals surface area contributed by atoms with E-state index >= 15 is 0 Å². The molecule has 0 saturated heterocycles. The van der Waals surface area contributed by atoms with Gasteiger partial charge in [-0.2, -0.15) is 0 Å². The number of hydrogen-bond acceptors (Lipinski definition) is 5. The summed E-state index contributed by atoms with van der Waals surface area (Å²) in [5.74, 6) is -0.377. The number of anilines is 1. The van der Waals surface area contributed by atoms with Crippen molar-refractivity contribution in [2.24, 2.45) is 0 Å². The van der Waals surface area contributed by atoms with Crippen LogP contribution in [-0.2, 0) is 4.79 Å². The lowest BCUT2D eigenvalue weighted by atomic mass is 10.1. The van der Waals surface area contributed by atoms with Gasteiger partial charge in [0.15, 0.2) is 5.13 Å². The van der Waals surface area contributed by atoms with Crippen molar-refractivity contribution < 1.29 is 9.90 Å². The van der Waals surface area contributed by atoms with E-state index in [0.717, 1.165) is 25.7 Å². The van der Waals surface area contributed by atoms with Gasteiger partial charge in [0.1, 0.15) is 6.04 Å². The number of rotatable bonds is 12. The first-order chi connectivity index (χ1) is 12.4. The fourth-order valence-corrected chi connectivity index (χ4v) is 3.70. The van der Waals surface area contributed by atoms with Crippen LogP contribution in [0.15, 0.2) is 45.9 Å². The minimum absolute atomic E-state index is 0.476. The van der Waals surface area contributed by atoms with Crippen LogP contribution in [0.4, 0.5) is 5.13 Å². The lowest BCUT2D eigenvalue weighted by Gasteiger charge is -2.12. The fourth-order valence-electron chi connectivity index (χ4n) is 2.20. The summed E-state index contributed by atoms with van der Waals surface area (Å²) in [4.78, 5) is 15.4. The van der Waals surface area contributed by atoms with Crippen LogP contribution in [0.2, 0.25) is 0 Å². The SMILES string of the molecule is CC(C)=CCCC(C)=CCCC(C)=CSCC(Nc1nccs1)C(=O)O. The lowest BCUT2D eigenvalue weighted by Crippen LogP contribution is -2.31. The summed E-state index contributed by atoms with van der Waals surface area (Å²) in [6.45, 7) is 8.55. The zero-order chi connectivity index (χ0) is 19.4. The monoisotopic (exact) mass is 394 g/mol. The molecule has 26 heavy (non-hydrogen) atoms. The lowest BCUT2D eigenvalue weighted by molar-refractivity contribution is -0.137. The molecule has 0 aliphatic carbocycles. The van der Waals surface area contributed by atoms with E-state index in [4.69, 9.17) is 0 Å². The predicted octanol–water partition coefficient (Wildman–Crippen LogP) is 6.12. The van der Waals surface area contributed by atoms with Crippen molar-refractivity contribution in [1.82, 2.24) is 4.98 Å². The highest BCUT2D eigenvalue weighted by molar-refractivity contribution is 8.02. The molecule has 0 saturated carbocycles. The molecule has 0 bridgehead atoms. The molecule has 0 aliphatic rings. The molecule has 0 aromatic carbocycles. The number of aliphatic carboxylic acids is 1. The smallest absolute Gasteiger partial charge is 0.327 e. The molecule has 1 rings (SSSR count). The third-order valence-corrected chi connectivity index (χ3v) is 5.50. The zero-order valence-corrected chi connectivity index (χ0v) is 17.8. The minimum Gasteiger partial charge on any atom is -0.480 e. The van der Waals surface area contributed by atoms with Gasteiger partial charge >= 0.3 is 5.97 Å². The van der Waals surface area contributed by atoms with Crippen molar-refractivity contribution in [2.45, 2.75) is 59.4 Å². The second-order valence-electron chi connectivity index (χ2n) is 6.58. The van der Waals surface area contributed by atoms with Crippen molar-refractivity contribution in [2.75, 3.05) is 11.1 Å². The first-order valence-electron chi connectivity index (χ1n) is 8.83. The molecule has 4 nitrogen and oxygen atoms in total. The summed E-state index contributed by atoms with van der Waals surface area (Å²) in [6.07, 6.45) is 10.5. The van der Waals surface area contributed by atoms with Gasteiger partial charge in [0.25, 0.3) is 0 Å². The Hall–Kier alpha value is -1.53.